The lowest BCUT2D eigenvalue weighted by Crippen LogP contribution is -2.49. The first-order valence-corrected chi connectivity index (χ1v) is 14.4. The van der Waals surface area contributed by atoms with Crippen LogP contribution in [0.15, 0.2) is 57.9 Å². The number of rotatable bonds is 9. The van der Waals surface area contributed by atoms with E-state index in [1.807, 2.05) is 32.2 Å². The molecule has 2 N–H and O–H groups in total. The summed E-state index contributed by atoms with van der Waals surface area (Å²) in [5, 5.41) is 13.6. The molecule has 210 valence electrons. The van der Waals surface area contributed by atoms with E-state index >= 15 is 0 Å². The maximum atomic E-state index is 13.7. The summed E-state index contributed by atoms with van der Waals surface area (Å²) >= 11 is 0. The van der Waals surface area contributed by atoms with Gasteiger partial charge in [0.2, 0.25) is 0 Å². The van der Waals surface area contributed by atoms with Crippen molar-refractivity contribution in [3.63, 3.8) is 0 Å². The smallest absolute Gasteiger partial charge is 0.267 e. The lowest BCUT2D eigenvalue weighted by Gasteiger charge is -2.38. The maximum Gasteiger partial charge on any atom is 0.267 e. The van der Waals surface area contributed by atoms with E-state index in [9.17, 15) is 18.3 Å². The third-order valence-corrected chi connectivity index (χ3v) is 8.57. The number of aryl methyl sites for hydroxylation is 2. The number of nitrogens with zero attached hydrogens (tertiary/aromatic N) is 3. The highest BCUT2D eigenvalue weighted by Crippen LogP contribution is 2.32. The number of fused-ring (bicyclic) bond motifs is 1. The first-order valence-electron chi connectivity index (χ1n) is 12.9. The standard InChI is InChI=1S/C28H36N4O6S/c1-18-14-32(19(2)17-33)28(34)24-13-23(30-39(35,36)27-20(3)29-38-21(27)4)11-12-25(24)37-26(18)16-31(5)15-22-9-7-6-8-10-22/h6-13,18-19,26,30,33H,14-17H2,1-5H3/t18-,19+,26-/m1/s1. The molecule has 11 heteroatoms. The Bertz CT molecular complexity index is 1390. The second kappa shape index (κ2) is 11.8. The molecule has 2 heterocycles. The number of likely N-dealkylation sites (N-methyl/N-ethyl adjacent to an activating group) is 1. The average molecular weight is 557 g/mol. The Balaban J connectivity index is 1.65. The number of amides is 1. The molecule has 3 aromatic rings. The highest BCUT2D eigenvalue weighted by molar-refractivity contribution is 7.92. The highest BCUT2D eigenvalue weighted by Gasteiger charge is 2.34. The van der Waals surface area contributed by atoms with Gasteiger partial charge in [-0.3, -0.25) is 14.4 Å². The molecule has 2 aromatic carbocycles. The fourth-order valence-corrected chi connectivity index (χ4v) is 6.22. The molecule has 0 saturated heterocycles. The number of anilines is 1. The zero-order valence-corrected chi connectivity index (χ0v) is 23.7. The monoisotopic (exact) mass is 556 g/mol. The maximum absolute atomic E-state index is 13.7. The van der Waals surface area contributed by atoms with Crippen LogP contribution in [0.5, 0.6) is 5.75 Å². The molecule has 0 fully saturated rings. The van der Waals surface area contributed by atoms with Gasteiger partial charge in [-0.2, -0.15) is 0 Å². The summed E-state index contributed by atoms with van der Waals surface area (Å²) in [6.45, 7) is 8.40. The molecule has 1 aliphatic rings. The topological polar surface area (TPSA) is 125 Å². The number of hydrogen-bond acceptors (Lipinski definition) is 8. The zero-order valence-electron chi connectivity index (χ0n) is 22.9. The van der Waals surface area contributed by atoms with Crippen LogP contribution in [0.25, 0.3) is 0 Å². The lowest BCUT2D eigenvalue weighted by molar-refractivity contribution is 0.0341. The predicted octanol–water partition coefficient (Wildman–Crippen LogP) is 3.44. The minimum Gasteiger partial charge on any atom is -0.488 e. The molecule has 1 aromatic heterocycles. The van der Waals surface area contributed by atoms with Crippen molar-refractivity contribution in [2.45, 2.75) is 51.3 Å². The number of sulfonamides is 1. The molecular weight excluding hydrogens is 520 g/mol. The number of aliphatic hydroxyl groups is 1. The van der Waals surface area contributed by atoms with E-state index in [0.29, 0.717) is 18.8 Å². The quantitative estimate of drug-likeness (QED) is 0.411. The molecule has 0 unspecified atom stereocenters. The van der Waals surface area contributed by atoms with Crippen LogP contribution in [0.2, 0.25) is 0 Å². The fourth-order valence-electron chi connectivity index (χ4n) is 4.84. The predicted molar refractivity (Wildman–Crippen MR) is 147 cm³/mol. The molecule has 0 saturated carbocycles. The van der Waals surface area contributed by atoms with E-state index in [-0.39, 0.29) is 52.1 Å². The molecule has 0 radical (unpaired) electrons. The van der Waals surface area contributed by atoms with Crippen molar-refractivity contribution in [2.24, 2.45) is 5.92 Å². The number of carbonyl (C=O) groups excluding carboxylic acids is 1. The van der Waals surface area contributed by atoms with Crippen LogP contribution in [0, 0.1) is 19.8 Å². The van der Waals surface area contributed by atoms with Crippen LogP contribution < -0.4 is 9.46 Å². The normalized spacial score (nSPS) is 18.7. The molecule has 0 spiro atoms. The van der Waals surface area contributed by atoms with E-state index in [0.717, 1.165) is 6.54 Å². The van der Waals surface area contributed by atoms with Crippen molar-refractivity contribution < 1.29 is 27.6 Å². The van der Waals surface area contributed by atoms with E-state index in [4.69, 9.17) is 9.26 Å². The van der Waals surface area contributed by atoms with Gasteiger partial charge >= 0.3 is 0 Å². The van der Waals surface area contributed by atoms with E-state index in [1.54, 1.807) is 30.9 Å². The fraction of sp³-hybridized carbons (Fsp3) is 0.429. The van der Waals surface area contributed by atoms with Crippen molar-refractivity contribution >= 4 is 21.6 Å². The Labute approximate surface area is 229 Å². The van der Waals surface area contributed by atoms with Crippen LogP contribution in [0.1, 0.15) is 41.2 Å². The summed E-state index contributed by atoms with van der Waals surface area (Å²) in [4.78, 5) is 17.4. The number of aromatic nitrogens is 1. The number of nitrogens with one attached hydrogen (secondary N) is 1. The van der Waals surface area contributed by atoms with Gasteiger partial charge in [0.15, 0.2) is 10.7 Å². The Morgan fingerprint density at radius 1 is 1.21 bits per heavy atom. The van der Waals surface area contributed by atoms with Gasteiger partial charge in [-0.1, -0.05) is 42.4 Å². The number of hydrogen-bond donors (Lipinski definition) is 2. The SMILES string of the molecule is Cc1noc(C)c1S(=O)(=O)Nc1ccc2c(c1)C(=O)N([C@@H](C)CO)C[C@@H](C)[C@@H](CN(C)Cc1ccccc1)O2. The average Bonchev–Trinajstić information content (AvgIpc) is 3.25. The Hall–Kier alpha value is -3.41. The molecular formula is C28H36N4O6S. The molecule has 3 atom stereocenters. The summed E-state index contributed by atoms with van der Waals surface area (Å²) in [7, 11) is -1.99. The summed E-state index contributed by atoms with van der Waals surface area (Å²) in [6, 6.07) is 14.4. The number of carbonyl (C=O) groups is 1. The third kappa shape index (κ3) is 6.43. The first-order chi connectivity index (χ1) is 18.5. The zero-order chi connectivity index (χ0) is 28.3. The molecule has 39 heavy (non-hydrogen) atoms. The lowest BCUT2D eigenvalue weighted by atomic mass is 9.99. The van der Waals surface area contributed by atoms with Crippen molar-refractivity contribution in [3.05, 3.63) is 71.1 Å². The summed E-state index contributed by atoms with van der Waals surface area (Å²) < 4.78 is 40.2. The summed E-state index contributed by atoms with van der Waals surface area (Å²) in [5.41, 5.74) is 1.84. The van der Waals surface area contributed by atoms with Crippen molar-refractivity contribution in [1.82, 2.24) is 15.0 Å². The van der Waals surface area contributed by atoms with Gasteiger partial charge in [0.25, 0.3) is 15.9 Å². The molecule has 1 amide bonds. The van der Waals surface area contributed by atoms with Crippen LogP contribution in [-0.4, -0.2) is 73.3 Å². The summed E-state index contributed by atoms with van der Waals surface area (Å²) in [6.07, 6.45) is -0.260. The number of aliphatic hydroxyl groups excluding tert-OH is 1. The van der Waals surface area contributed by atoms with Gasteiger partial charge in [-0.15, -0.1) is 0 Å². The second-order valence-corrected chi connectivity index (χ2v) is 11.9. The third-order valence-electron chi connectivity index (χ3n) is 6.94. The van der Waals surface area contributed by atoms with E-state index in [2.05, 4.69) is 26.9 Å². The highest BCUT2D eigenvalue weighted by atomic mass is 32.2. The minimum absolute atomic E-state index is 0.0351. The van der Waals surface area contributed by atoms with Gasteiger partial charge in [-0.05, 0) is 51.6 Å². The van der Waals surface area contributed by atoms with E-state index < -0.39 is 16.1 Å². The molecule has 1 aliphatic heterocycles. The van der Waals surface area contributed by atoms with Gasteiger partial charge in [0.1, 0.15) is 17.5 Å². The van der Waals surface area contributed by atoms with Crippen LogP contribution in [-0.2, 0) is 16.6 Å². The molecule has 0 aliphatic carbocycles. The van der Waals surface area contributed by atoms with Crippen molar-refractivity contribution in [3.8, 4) is 5.75 Å². The summed E-state index contributed by atoms with van der Waals surface area (Å²) in [5.74, 6) is 0.157. The molecule has 10 nitrogen and oxygen atoms in total. The van der Waals surface area contributed by atoms with Crippen LogP contribution in [0.4, 0.5) is 5.69 Å². The molecule has 0 bridgehead atoms. The van der Waals surface area contributed by atoms with Gasteiger partial charge in [0.05, 0.1) is 18.2 Å². The largest absolute Gasteiger partial charge is 0.488 e. The Kier molecular flexibility index (Phi) is 8.63. The van der Waals surface area contributed by atoms with Gasteiger partial charge < -0.3 is 19.3 Å². The number of ether oxygens (including phenoxy) is 1. The second-order valence-electron chi connectivity index (χ2n) is 10.3. The van der Waals surface area contributed by atoms with Crippen LogP contribution in [0.3, 0.4) is 0 Å². The minimum atomic E-state index is -4.01. The Morgan fingerprint density at radius 2 is 1.92 bits per heavy atom. The van der Waals surface area contributed by atoms with Crippen molar-refractivity contribution in [2.75, 3.05) is 31.5 Å². The van der Waals surface area contributed by atoms with Crippen LogP contribution >= 0.6 is 0 Å². The van der Waals surface area contributed by atoms with E-state index in [1.165, 1.54) is 18.6 Å². The van der Waals surface area contributed by atoms with Gasteiger partial charge in [0, 0.05) is 31.2 Å². The van der Waals surface area contributed by atoms with Crippen molar-refractivity contribution in [1.29, 1.82) is 0 Å². The first kappa shape index (κ1) is 28.6. The van der Waals surface area contributed by atoms with Gasteiger partial charge in [-0.25, -0.2) is 8.42 Å². The molecule has 4 rings (SSSR count). The number of benzene rings is 2. The Morgan fingerprint density at radius 3 is 2.56 bits per heavy atom.